The lowest BCUT2D eigenvalue weighted by Gasteiger charge is -2.12. The highest BCUT2D eigenvalue weighted by atomic mass is 32.2. The van der Waals surface area contributed by atoms with E-state index in [4.69, 9.17) is 10.5 Å². The molecule has 3 N–H and O–H groups in total. The summed E-state index contributed by atoms with van der Waals surface area (Å²) in [6, 6.07) is 4.49. The SMILES string of the molecule is COc1ccc(N)cc1S(=O)(=O)NC1C(C)(C)C1(C)C. The first-order valence-corrected chi connectivity index (χ1v) is 7.98. The number of nitrogen functional groups attached to an aromatic ring is 1. The van der Waals surface area contributed by atoms with Gasteiger partial charge in [0.15, 0.2) is 0 Å². The molecule has 0 saturated heterocycles. The summed E-state index contributed by atoms with van der Waals surface area (Å²) >= 11 is 0. The molecule has 1 saturated carbocycles. The van der Waals surface area contributed by atoms with Crippen LogP contribution >= 0.6 is 0 Å². The van der Waals surface area contributed by atoms with Gasteiger partial charge in [0.05, 0.1) is 7.11 Å². The molecular weight excluding hydrogens is 276 g/mol. The summed E-state index contributed by atoms with van der Waals surface area (Å²) in [6.45, 7) is 8.21. The van der Waals surface area contributed by atoms with Crippen LogP contribution in [0.25, 0.3) is 0 Å². The third kappa shape index (κ3) is 2.16. The lowest BCUT2D eigenvalue weighted by molar-refractivity contribution is 0.402. The quantitative estimate of drug-likeness (QED) is 0.833. The number of nitrogens with two attached hydrogens (primary N) is 1. The Hall–Kier alpha value is -1.27. The maximum absolute atomic E-state index is 12.5. The Labute approximate surface area is 120 Å². The molecule has 1 aromatic carbocycles. The minimum absolute atomic E-state index is 0.0758. The zero-order valence-electron chi connectivity index (χ0n) is 12.5. The fourth-order valence-electron chi connectivity index (χ4n) is 2.61. The van der Waals surface area contributed by atoms with Crippen LogP contribution in [0.15, 0.2) is 23.1 Å². The van der Waals surface area contributed by atoms with Crippen molar-refractivity contribution in [2.45, 2.75) is 38.6 Å². The molecule has 0 aliphatic heterocycles. The number of sulfonamides is 1. The summed E-state index contributed by atoms with van der Waals surface area (Å²) in [5.74, 6) is 0.294. The van der Waals surface area contributed by atoms with Gasteiger partial charge in [0.25, 0.3) is 0 Å². The monoisotopic (exact) mass is 298 g/mol. The Kier molecular flexibility index (Phi) is 3.30. The zero-order valence-corrected chi connectivity index (χ0v) is 13.3. The average Bonchev–Trinajstić information content (AvgIpc) is 2.71. The fraction of sp³-hybridized carbons (Fsp3) is 0.571. The second-order valence-corrected chi connectivity index (χ2v) is 8.09. The van der Waals surface area contributed by atoms with Gasteiger partial charge < -0.3 is 10.5 Å². The van der Waals surface area contributed by atoms with Crippen LogP contribution in [0.5, 0.6) is 5.75 Å². The molecule has 0 unspecified atom stereocenters. The predicted octanol–water partition coefficient (Wildman–Crippen LogP) is 1.99. The lowest BCUT2D eigenvalue weighted by atomic mass is 10.0. The third-order valence-corrected chi connectivity index (χ3v) is 6.21. The summed E-state index contributed by atoms with van der Waals surface area (Å²) in [5.41, 5.74) is 5.92. The molecule has 20 heavy (non-hydrogen) atoms. The number of ether oxygens (including phenoxy) is 1. The van der Waals surface area contributed by atoms with Crippen LogP contribution in [0.1, 0.15) is 27.7 Å². The number of benzene rings is 1. The van der Waals surface area contributed by atoms with E-state index in [1.54, 1.807) is 12.1 Å². The van der Waals surface area contributed by atoms with E-state index in [9.17, 15) is 8.42 Å². The van der Waals surface area contributed by atoms with Crippen molar-refractivity contribution >= 4 is 15.7 Å². The molecule has 1 aliphatic carbocycles. The maximum atomic E-state index is 12.5. The third-order valence-electron chi connectivity index (χ3n) is 4.77. The van der Waals surface area contributed by atoms with Crippen LogP contribution in [0.3, 0.4) is 0 Å². The molecule has 0 bridgehead atoms. The van der Waals surface area contributed by atoms with Gasteiger partial charge in [-0.05, 0) is 29.0 Å². The fourth-order valence-corrected chi connectivity index (χ4v) is 4.35. The molecule has 112 valence electrons. The van der Waals surface area contributed by atoms with E-state index >= 15 is 0 Å². The first-order valence-electron chi connectivity index (χ1n) is 6.50. The highest BCUT2D eigenvalue weighted by Gasteiger charge is 2.66. The van der Waals surface area contributed by atoms with E-state index in [-0.39, 0.29) is 21.8 Å². The van der Waals surface area contributed by atoms with Crippen LogP contribution < -0.4 is 15.2 Å². The Morgan fingerprint density at radius 3 is 2.20 bits per heavy atom. The molecule has 1 aliphatic rings. The molecule has 1 aromatic rings. The normalized spacial score (nSPS) is 20.6. The molecule has 6 heteroatoms. The van der Waals surface area contributed by atoms with Crippen LogP contribution in [0.4, 0.5) is 5.69 Å². The van der Waals surface area contributed by atoms with Crippen molar-refractivity contribution in [1.82, 2.24) is 4.72 Å². The summed E-state index contributed by atoms with van der Waals surface area (Å²) in [7, 11) is -2.22. The highest BCUT2D eigenvalue weighted by molar-refractivity contribution is 7.89. The Bertz CT molecular complexity index is 622. The second kappa shape index (κ2) is 4.36. The molecule has 1 fully saturated rings. The van der Waals surface area contributed by atoms with Crippen LogP contribution in [0.2, 0.25) is 0 Å². The Morgan fingerprint density at radius 1 is 1.20 bits per heavy atom. The number of hydrogen-bond donors (Lipinski definition) is 2. The van der Waals surface area contributed by atoms with E-state index in [0.717, 1.165) is 0 Å². The minimum Gasteiger partial charge on any atom is -0.495 e. The summed E-state index contributed by atoms with van der Waals surface area (Å²) in [4.78, 5) is 0.0819. The molecule has 0 radical (unpaired) electrons. The number of nitrogens with one attached hydrogen (secondary N) is 1. The summed E-state index contributed by atoms with van der Waals surface area (Å²) < 4.78 is 33.0. The summed E-state index contributed by atoms with van der Waals surface area (Å²) in [5, 5.41) is 0. The standard InChI is InChI=1S/C14H22N2O3S/c1-13(2)12(14(13,3)4)16-20(17,18)11-8-9(15)6-7-10(11)19-5/h6-8,12,16H,15H2,1-5H3. The van der Waals surface area contributed by atoms with E-state index in [0.29, 0.717) is 11.4 Å². The molecule has 2 rings (SSSR count). The van der Waals surface area contributed by atoms with Gasteiger partial charge in [-0.15, -0.1) is 0 Å². The van der Waals surface area contributed by atoms with Crippen molar-refractivity contribution in [3.63, 3.8) is 0 Å². The van der Waals surface area contributed by atoms with Gasteiger partial charge >= 0.3 is 0 Å². The van der Waals surface area contributed by atoms with Crippen molar-refractivity contribution < 1.29 is 13.2 Å². The molecule has 0 heterocycles. The molecule has 5 nitrogen and oxygen atoms in total. The Balaban J connectivity index is 2.36. The molecular formula is C14H22N2O3S. The van der Waals surface area contributed by atoms with E-state index < -0.39 is 10.0 Å². The first kappa shape index (κ1) is 15.1. The van der Waals surface area contributed by atoms with E-state index in [1.165, 1.54) is 13.2 Å². The predicted molar refractivity (Wildman–Crippen MR) is 79.1 cm³/mol. The largest absolute Gasteiger partial charge is 0.495 e. The number of anilines is 1. The van der Waals surface area contributed by atoms with Gasteiger partial charge in [0.1, 0.15) is 10.6 Å². The molecule has 0 atom stereocenters. The number of methoxy groups -OCH3 is 1. The number of hydrogen-bond acceptors (Lipinski definition) is 4. The number of rotatable bonds is 4. The van der Waals surface area contributed by atoms with Gasteiger partial charge in [-0.2, -0.15) is 0 Å². The van der Waals surface area contributed by atoms with Crippen molar-refractivity contribution in [3.8, 4) is 5.75 Å². The maximum Gasteiger partial charge on any atom is 0.244 e. The Morgan fingerprint density at radius 2 is 1.75 bits per heavy atom. The second-order valence-electron chi connectivity index (χ2n) is 6.41. The van der Waals surface area contributed by atoms with Gasteiger partial charge in [0, 0.05) is 11.7 Å². The van der Waals surface area contributed by atoms with Crippen LogP contribution in [-0.4, -0.2) is 21.6 Å². The van der Waals surface area contributed by atoms with Crippen molar-refractivity contribution in [1.29, 1.82) is 0 Å². The first-order chi connectivity index (χ1) is 9.04. The average molecular weight is 298 g/mol. The van der Waals surface area contributed by atoms with E-state index in [2.05, 4.69) is 32.4 Å². The van der Waals surface area contributed by atoms with Crippen molar-refractivity contribution in [2.24, 2.45) is 10.8 Å². The molecule has 0 amide bonds. The van der Waals surface area contributed by atoms with Gasteiger partial charge in [0.2, 0.25) is 10.0 Å². The van der Waals surface area contributed by atoms with E-state index in [1.807, 2.05) is 0 Å². The lowest BCUT2D eigenvalue weighted by Crippen LogP contribution is -2.30. The zero-order chi connectivity index (χ0) is 15.3. The van der Waals surface area contributed by atoms with Gasteiger partial charge in [-0.25, -0.2) is 13.1 Å². The van der Waals surface area contributed by atoms with Crippen molar-refractivity contribution in [3.05, 3.63) is 18.2 Å². The van der Waals surface area contributed by atoms with Crippen LogP contribution in [-0.2, 0) is 10.0 Å². The molecule has 0 spiro atoms. The summed E-state index contributed by atoms with van der Waals surface area (Å²) in [6.07, 6.45) is 0. The topological polar surface area (TPSA) is 81.4 Å². The smallest absolute Gasteiger partial charge is 0.244 e. The highest BCUT2D eigenvalue weighted by Crippen LogP contribution is 2.63. The van der Waals surface area contributed by atoms with Gasteiger partial charge in [-0.1, -0.05) is 27.7 Å². The van der Waals surface area contributed by atoms with Crippen molar-refractivity contribution in [2.75, 3.05) is 12.8 Å². The molecule has 0 aromatic heterocycles. The van der Waals surface area contributed by atoms with Crippen LogP contribution in [0, 0.1) is 10.8 Å². The van der Waals surface area contributed by atoms with Gasteiger partial charge in [-0.3, -0.25) is 0 Å². The minimum atomic E-state index is -3.66.